The summed E-state index contributed by atoms with van der Waals surface area (Å²) in [6, 6.07) is 0.285. The molecular formula is C12H24BrNO. The minimum absolute atomic E-state index is 0.207. The van der Waals surface area contributed by atoms with Crippen molar-refractivity contribution in [2.75, 3.05) is 5.33 Å². The molecule has 15 heavy (non-hydrogen) atoms. The Hall–Kier alpha value is -0.0500. The van der Waals surface area contributed by atoms with Gasteiger partial charge in [0.05, 0.1) is 0 Å². The fourth-order valence-corrected chi connectivity index (χ4v) is 2.16. The Balaban J connectivity index is 4.02. The molecule has 2 atom stereocenters. The van der Waals surface area contributed by atoms with Gasteiger partial charge in [-0.2, -0.15) is 0 Å². The van der Waals surface area contributed by atoms with E-state index < -0.39 is 0 Å². The smallest absolute Gasteiger partial charge is 0.223 e. The number of unbranched alkanes of at least 4 members (excludes halogenated alkanes) is 1. The van der Waals surface area contributed by atoms with E-state index >= 15 is 0 Å². The van der Waals surface area contributed by atoms with Crippen LogP contribution in [0.3, 0.4) is 0 Å². The first kappa shape index (κ1) is 14.9. The third-order valence-corrected chi connectivity index (χ3v) is 3.58. The Labute approximate surface area is 102 Å². The van der Waals surface area contributed by atoms with Crippen LogP contribution in [0.1, 0.15) is 52.9 Å². The van der Waals surface area contributed by atoms with Crippen LogP contribution in [0.2, 0.25) is 0 Å². The van der Waals surface area contributed by atoms with Crippen LogP contribution < -0.4 is 5.32 Å². The Kier molecular flexibility index (Phi) is 9.17. The first-order valence-corrected chi connectivity index (χ1v) is 7.17. The Morgan fingerprint density at radius 3 is 2.33 bits per heavy atom. The van der Waals surface area contributed by atoms with Crippen molar-refractivity contribution in [3.63, 3.8) is 0 Å². The van der Waals surface area contributed by atoms with Gasteiger partial charge < -0.3 is 5.32 Å². The molecule has 0 rings (SSSR count). The lowest BCUT2D eigenvalue weighted by Gasteiger charge is -2.19. The van der Waals surface area contributed by atoms with E-state index in [1.54, 1.807) is 0 Å². The summed E-state index contributed by atoms with van der Waals surface area (Å²) in [6.45, 7) is 6.35. The summed E-state index contributed by atoms with van der Waals surface area (Å²) in [4.78, 5) is 11.9. The molecular weight excluding hydrogens is 254 g/mol. The summed E-state index contributed by atoms with van der Waals surface area (Å²) in [5.74, 6) is 0.440. The first-order valence-electron chi connectivity index (χ1n) is 6.05. The number of rotatable bonds is 8. The second-order valence-electron chi connectivity index (χ2n) is 4.02. The van der Waals surface area contributed by atoms with Gasteiger partial charge in [0.25, 0.3) is 0 Å². The van der Waals surface area contributed by atoms with Crippen molar-refractivity contribution < 1.29 is 4.79 Å². The molecule has 1 N–H and O–H groups in total. The third kappa shape index (κ3) is 6.18. The molecule has 0 aromatic heterocycles. The maximum Gasteiger partial charge on any atom is 0.223 e. The van der Waals surface area contributed by atoms with Gasteiger partial charge in [0.1, 0.15) is 0 Å². The number of alkyl halides is 1. The van der Waals surface area contributed by atoms with E-state index in [-0.39, 0.29) is 17.9 Å². The zero-order valence-electron chi connectivity index (χ0n) is 10.2. The van der Waals surface area contributed by atoms with Crippen LogP contribution in [0.5, 0.6) is 0 Å². The molecule has 0 radical (unpaired) electrons. The van der Waals surface area contributed by atoms with E-state index in [4.69, 9.17) is 0 Å². The number of nitrogens with one attached hydrogen (secondary N) is 1. The van der Waals surface area contributed by atoms with Crippen LogP contribution in [0.25, 0.3) is 0 Å². The normalized spacial score (nSPS) is 14.7. The van der Waals surface area contributed by atoms with Crippen molar-refractivity contribution >= 4 is 21.8 Å². The lowest BCUT2D eigenvalue weighted by Crippen LogP contribution is -2.39. The van der Waals surface area contributed by atoms with E-state index in [9.17, 15) is 4.79 Å². The Bertz CT molecular complexity index is 169. The fourth-order valence-electron chi connectivity index (χ4n) is 1.54. The molecule has 0 aliphatic heterocycles. The van der Waals surface area contributed by atoms with E-state index in [2.05, 4.69) is 42.0 Å². The highest BCUT2D eigenvalue weighted by molar-refractivity contribution is 9.09. The molecule has 0 saturated carbocycles. The summed E-state index contributed by atoms with van der Waals surface area (Å²) in [5.41, 5.74) is 0. The molecule has 0 saturated heterocycles. The SMILES string of the molecule is CCCCC(CC)C(=O)NC(CC)CBr. The predicted octanol–water partition coefficient (Wildman–Crippen LogP) is 3.49. The van der Waals surface area contributed by atoms with Gasteiger partial charge in [0, 0.05) is 17.3 Å². The Morgan fingerprint density at radius 1 is 1.27 bits per heavy atom. The van der Waals surface area contributed by atoms with Crippen molar-refractivity contribution in [2.24, 2.45) is 5.92 Å². The largest absolute Gasteiger partial charge is 0.352 e. The molecule has 0 bridgehead atoms. The van der Waals surface area contributed by atoms with Crippen molar-refractivity contribution in [3.05, 3.63) is 0 Å². The summed E-state index contributed by atoms with van der Waals surface area (Å²) >= 11 is 3.41. The van der Waals surface area contributed by atoms with E-state index in [0.717, 1.165) is 31.0 Å². The second kappa shape index (κ2) is 9.20. The molecule has 0 aromatic rings. The average Bonchev–Trinajstić information content (AvgIpc) is 2.26. The van der Waals surface area contributed by atoms with Crippen LogP contribution in [0, 0.1) is 5.92 Å². The van der Waals surface area contributed by atoms with E-state index in [1.807, 2.05) is 0 Å². The van der Waals surface area contributed by atoms with Crippen molar-refractivity contribution in [1.29, 1.82) is 0 Å². The molecule has 0 aliphatic carbocycles. The predicted molar refractivity (Wildman–Crippen MR) is 69.3 cm³/mol. The molecule has 0 aliphatic rings. The quantitative estimate of drug-likeness (QED) is 0.676. The first-order chi connectivity index (χ1) is 7.19. The average molecular weight is 278 g/mol. The lowest BCUT2D eigenvalue weighted by molar-refractivity contribution is -0.125. The maximum absolute atomic E-state index is 11.9. The van der Waals surface area contributed by atoms with Crippen molar-refractivity contribution in [2.45, 2.75) is 58.9 Å². The van der Waals surface area contributed by atoms with Crippen LogP contribution in [-0.4, -0.2) is 17.3 Å². The summed E-state index contributed by atoms with van der Waals surface area (Å²) < 4.78 is 0. The number of carbonyl (C=O) groups is 1. The van der Waals surface area contributed by atoms with Gasteiger partial charge in [-0.05, 0) is 19.3 Å². The standard InChI is InChI=1S/C12H24BrNO/c1-4-7-8-10(5-2)12(15)14-11(6-3)9-13/h10-11H,4-9H2,1-3H3,(H,14,15). The summed E-state index contributed by atoms with van der Waals surface area (Å²) in [6.07, 6.45) is 5.28. The molecule has 0 aromatic carbocycles. The van der Waals surface area contributed by atoms with Crippen LogP contribution in [-0.2, 0) is 4.79 Å². The molecule has 1 amide bonds. The molecule has 90 valence electrons. The van der Waals surface area contributed by atoms with Crippen LogP contribution >= 0.6 is 15.9 Å². The van der Waals surface area contributed by atoms with Gasteiger partial charge in [-0.25, -0.2) is 0 Å². The third-order valence-electron chi connectivity index (χ3n) is 2.80. The highest BCUT2D eigenvalue weighted by Crippen LogP contribution is 2.13. The minimum atomic E-state index is 0.207. The molecule has 0 fully saturated rings. The van der Waals surface area contributed by atoms with Crippen LogP contribution in [0.15, 0.2) is 0 Å². The fraction of sp³-hybridized carbons (Fsp3) is 0.917. The summed E-state index contributed by atoms with van der Waals surface area (Å²) in [7, 11) is 0. The van der Waals surface area contributed by atoms with Gasteiger partial charge in [-0.1, -0.05) is 49.5 Å². The zero-order valence-corrected chi connectivity index (χ0v) is 11.8. The highest BCUT2D eigenvalue weighted by Gasteiger charge is 2.17. The molecule has 3 heteroatoms. The number of halogens is 1. The number of hydrogen-bond donors (Lipinski definition) is 1. The monoisotopic (exact) mass is 277 g/mol. The van der Waals surface area contributed by atoms with Crippen molar-refractivity contribution in [3.8, 4) is 0 Å². The molecule has 2 nitrogen and oxygen atoms in total. The van der Waals surface area contributed by atoms with Crippen molar-refractivity contribution in [1.82, 2.24) is 5.32 Å². The van der Waals surface area contributed by atoms with Gasteiger partial charge in [0.15, 0.2) is 0 Å². The Morgan fingerprint density at radius 2 is 1.93 bits per heavy atom. The summed E-state index contributed by atoms with van der Waals surface area (Å²) in [5, 5.41) is 3.94. The van der Waals surface area contributed by atoms with Gasteiger partial charge >= 0.3 is 0 Å². The van der Waals surface area contributed by atoms with Gasteiger partial charge in [0.2, 0.25) is 5.91 Å². The van der Waals surface area contributed by atoms with E-state index in [0.29, 0.717) is 0 Å². The number of hydrogen-bond acceptors (Lipinski definition) is 1. The molecule has 2 unspecified atom stereocenters. The molecule has 0 spiro atoms. The van der Waals surface area contributed by atoms with Crippen LogP contribution in [0.4, 0.5) is 0 Å². The minimum Gasteiger partial charge on any atom is -0.352 e. The van der Waals surface area contributed by atoms with Gasteiger partial charge in [-0.15, -0.1) is 0 Å². The lowest BCUT2D eigenvalue weighted by atomic mass is 9.98. The number of carbonyl (C=O) groups excluding carboxylic acids is 1. The zero-order chi connectivity index (χ0) is 11.7. The highest BCUT2D eigenvalue weighted by atomic mass is 79.9. The topological polar surface area (TPSA) is 29.1 Å². The maximum atomic E-state index is 11.9. The van der Waals surface area contributed by atoms with Gasteiger partial charge in [-0.3, -0.25) is 4.79 Å². The van der Waals surface area contributed by atoms with E-state index in [1.165, 1.54) is 6.42 Å². The second-order valence-corrected chi connectivity index (χ2v) is 4.66. The molecule has 0 heterocycles. The number of amides is 1.